The van der Waals surface area contributed by atoms with Crippen molar-refractivity contribution in [3.05, 3.63) is 70.5 Å². The van der Waals surface area contributed by atoms with Crippen LogP contribution in [0.15, 0.2) is 64.5 Å². The van der Waals surface area contributed by atoms with Crippen LogP contribution in [0.2, 0.25) is 0 Å². The molecular formula is C28H29N3O7S. The number of carbonyl (C=O) groups excluding carboxylic acids is 1. The lowest BCUT2D eigenvalue weighted by Crippen LogP contribution is -2.25. The van der Waals surface area contributed by atoms with Gasteiger partial charge in [0.1, 0.15) is 0 Å². The number of methoxy groups -OCH3 is 5. The summed E-state index contributed by atoms with van der Waals surface area (Å²) < 4.78 is 28.4. The van der Waals surface area contributed by atoms with Crippen molar-refractivity contribution in [3.63, 3.8) is 0 Å². The molecule has 0 aliphatic rings. The highest BCUT2D eigenvalue weighted by atomic mass is 32.2. The molecule has 1 heterocycles. The average molecular weight is 552 g/mol. The zero-order valence-electron chi connectivity index (χ0n) is 22.3. The van der Waals surface area contributed by atoms with Crippen molar-refractivity contribution in [3.8, 4) is 28.7 Å². The normalized spacial score (nSPS) is 10.7. The van der Waals surface area contributed by atoms with Crippen LogP contribution in [0.25, 0.3) is 10.9 Å². The summed E-state index contributed by atoms with van der Waals surface area (Å²) in [6.07, 6.45) is 0. The molecular weight excluding hydrogens is 522 g/mol. The Hall–Kier alpha value is -4.38. The molecule has 11 heteroatoms. The predicted molar refractivity (Wildman–Crippen MR) is 150 cm³/mol. The van der Waals surface area contributed by atoms with Gasteiger partial charge in [-0.05, 0) is 11.6 Å². The van der Waals surface area contributed by atoms with Crippen molar-refractivity contribution in [1.82, 2.24) is 9.55 Å². The Balaban J connectivity index is 1.66. The lowest BCUT2D eigenvalue weighted by atomic mass is 10.2. The molecule has 0 radical (unpaired) electrons. The number of anilines is 1. The first kappa shape index (κ1) is 27.6. The van der Waals surface area contributed by atoms with Gasteiger partial charge in [-0.1, -0.05) is 42.1 Å². The minimum absolute atomic E-state index is 0.00329. The molecule has 4 rings (SSSR count). The second-order valence-corrected chi connectivity index (χ2v) is 9.19. The Morgan fingerprint density at radius 2 is 1.46 bits per heavy atom. The summed E-state index contributed by atoms with van der Waals surface area (Å²) in [6.45, 7) is 0.286. The van der Waals surface area contributed by atoms with Crippen LogP contribution in [0.4, 0.5) is 5.69 Å². The van der Waals surface area contributed by atoms with Crippen LogP contribution in [0.1, 0.15) is 5.56 Å². The van der Waals surface area contributed by atoms with Crippen LogP contribution in [0, 0.1) is 0 Å². The zero-order chi connectivity index (χ0) is 27.9. The largest absolute Gasteiger partial charge is 0.493 e. The maximum atomic E-state index is 13.6. The van der Waals surface area contributed by atoms with Gasteiger partial charge < -0.3 is 29.0 Å². The molecule has 0 saturated heterocycles. The number of carbonyl (C=O) groups is 1. The molecule has 204 valence electrons. The highest BCUT2D eigenvalue weighted by molar-refractivity contribution is 7.99. The summed E-state index contributed by atoms with van der Waals surface area (Å²) in [5, 5.41) is 3.62. The van der Waals surface area contributed by atoms with Crippen molar-refractivity contribution in [2.45, 2.75) is 11.7 Å². The van der Waals surface area contributed by atoms with Gasteiger partial charge in [-0.3, -0.25) is 14.2 Å². The van der Waals surface area contributed by atoms with Crippen LogP contribution >= 0.6 is 11.8 Å². The third-order valence-electron chi connectivity index (χ3n) is 5.89. The standard InChI is InChI=1S/C28H29N3O7S/c1-34-21-13-19-20(14-22(21)35-2)30-28(31(27(19)33)15-17-9-7-6-8-10-17)39-16-25(32)29-18-11-23(36-3)26(38-5)24(12-18)37-4/h6-14H,15-16H2,1-5H3,(H,29,32). The molecule has 10 nitrogen and oxygen atoms in total. The maximum Gasteiger partial charge on any atom is 0.262 e. The lowest BCUT2D eigenvalue weighted by Gasteiger charge is -2.16. The number of thioether (sulfide) groups is 1. The molecule has 1 aromatic heterocycles. The van der Waals surface area contributed by atoms with Gasteiger partial charge in [0, 0.05) is 23.9 Å². The number of ether oxygens (including phenoxy) is 5. The smallest absolute Gasteiger partial charge is 0.262 e. The fourth-order valence-electron chi connectivity index (χ4n) is 4.02. The second-order valence-electron chi connectivity index (χ2n) is 8.25. The lowest BCUT2D eigenvalue weighted by molar-refractivity contribution is -0.113. The van der Waals surface area contributed by atoms with Gasteiger partial charge in [-0.15, -0.1) is 0 Å². The monoisotopic (exact) mass is 551 g/mol. The Kier molecular flexibility index (Phi) is 8.82. The summed E-state index contributed by atoms with van der Waals surface area (Å²) in [4.78, 5) is 31.3. The Morgan fingerprint density at radius 3 is 2.05 bits per heavy atom. The summed E-state index contributed by atoms with van der Waals surface area (Å²) in [7, 11) is 7.54. The van der Waals surface area contributed by atoms with Crippen molar-refractivity contribution in [2.75, 3.05) is 46.6 Å². The number of nitrogens with zero attached hydrogens (tertiary/aromatic N) is 2. The van der Waals surface area contributed by atoms with Crippen molar-refractivity contribution in [2.24, 2.45) is 0 Å². The Bertz CT molecular complexity index is 1520. The van der Waals surface area contributed by atoms with Crippen LogP contribution in [-0.4, -0.2) is 56.8 Å². The highest BCUT2D eigenvalue weighted by Crippen LogP contribution is 2.40. The van der Waals surface area contributed by atoms with E-state index in [0.29, 0.717) is 50.5 Å². The Morgan fingerprint density at radius 1 is 0.846 bits per heavy atom. The molecule has 0 saturated carbocycles. The SMILES string of the molecule is COc1cc2nc(SCC(=O)Nc3cc(OC)c(OC)c(OC)c3)n(Cc3ccccc3)c(=O)c2cc1OC. The molecule has 39 heavy (non-hydrogen) atoms. The molecule has 1 amide bonds. The first-order chi connectivity index (χ1) is 18.9. The van der Waals surface area contributed by atoms with Gasteiger partial charge in [0.2, 0.25) is 11.7 Å². The van der Waals surface area contributed by atoms with E-state index in [4.69, 9.17) is 28.7 Å². The first-order valence-corrected chi connectivity index (χ1v) is 12.8. The number of rotatable bonds is 11. The number of fused-ring (bicyclic) bond motifs is 1. The third kappa shape index (κ3) is 6.04. The van der Waals surface area contributed by atoms with E-state index in [1.807, 2.05) is 30.3 Å². The van der Waals surface area contributed by atoms with E-state index < -0.39 is 0 Å². The van der Waals surface area contributed by atoms with E-state index in [9.17, 15) is 9.59 Å². The topological polar surface area (TPSA) is 110 Å². The molecule has 0 aliphatic carbocycles. The first-order valence-electron chi connectivity index (χ1n) is 11.9. The molecule has 0 spiro atoms. The summed E-state index contributed by atoms with van der Waals surface area (Å²) in [5.74, 6) is 1.83. The molecule has 4 aromatic rings. The van der Waals surface area contributed by atoms with Gasteiger partial charge in [0.25, 0.3) is 5.56 Å². The minimum Gasteiger partial charge on any atom is -0.493 e. The zero-order valence-corrected chi connectivity index (χ0v) is 23.1. The number of hydrogen-bond acceptors (Lipinski definition) is 9. The van der Waals surface area contributed by atoms with E-state index in [1.165, 1.54) is 35.5 Å². The van der Waals surface area contributed by atoms with Crippen molar-refractivity contribution in [1.29, 1.82) is 0 Å². The highest BCUT2D eigenvalue weighted by Gasteiger charge is 2.18. The van der Waals surface area contributed by atoms with Gasteiger partial charge in [0.15, 0.2) is 28.2 Å². The molecule has 0 fully saturated rings. The van der Waals surface area contributed by atoms with Crippen LogP contribution in [0.3, 0.4) is 0 Å². The number of amides is 1. The van der Waals surface area contributed by atoms with E-state index >= 15 is 0 Å². The van der Waals surface area contributed by atoms with E-state index in [-0.39, 0.29) is 23.8 Å². The van der Waals surface area contributed by atoms with Crippen LogP contribution in [0.5, 0.6) is 28.7 Å². The maximum absolute atomic E-state index is 13.6. The molecule has 0 bridgehead atoms. The molecule has 0 aliphatic heterocycles. The van der Waals surface area contributed by atoms with Crippen LogP contribution < -0.4 is 34.6 Å². The van der Waals surface area contributed by atoms with Gasteiger partial charge in [0.05, 0.1) is 58.7 Å². The van der Waals surface area contributed by atoms with Gasteiger partial charge in [-0.2, -0.15) is 0 Å². The number of nitrogens with one attached hydrogen (secondary N) is 1. The van der Waals surface area contributed by atoms with E-state index in [2.05, 4.69) is 5.32 Å². The van der Waals surface area contributed by atoms with Crippen LogP contribution in [-0.2, 0) is 11.3 Å². The average Bonchev–Trinajstić information content (AvgIpc) is 2.96. The summed E-state index contributed by atoms with van der Waals surface area (Å²) in [6, 6.07) is 16.1. The van der Waals surface area contributed by atoms with E-state index in [1.54, 1.807) is 28.8 Å². The Labute approximate surface area is 229 Å². The molecule has 3 aromatic carbocycles. The van der Waals surface area contributed by atoms with Gasteiger partial charge in [-0.25, -0.2) is 4.98 Å². The summed E-state index contributed by atoms with van der Waals surface area (Å²) >= 11 is 1.15. The molecule has 1 N–H and O–H groups in total. The molecule has 0 atom stereocenters. The van der Waals surface area contributed by atoms with E-state index in [0.717, 1.165) is 17.3 Å². The van der Waals surface area contributed by atoms with Gasteiger partial charge >= 0.3 is 0 Å². The third-order valence-corrected chi connectivity index (χ3v) is 6.87. The van der Waals surface area contributed by atoms with Crippen molar-refractivity contribution < 1.29 is 28.5 Å². The van der Waals surface area contributed by atoms with Crippen molar-refractivity contribution >= 4 is 34.3 Å². The predicted octanol–water partition coefficient (Wildman–Crippen LogP) is 4.22. The minimum atomic E-state index is -0.304. The number of aromatic nitrogens is 2. The number of benzene rings is 3. The fourth-order valence-corrected chi connectivity index (χ4v) is 4.82. The second kappa shape index (κ2) is 12.4. The summed E-state index contributed by atoms with van der Waals surface area (Å²) in [5.41, 5.74) is 1.58. The quantitative estimate of drug-likeness (QED) is 0.216. The fraction of sp³-hybridized carbons (Fsp3) is 0.250. The molecule has 0 unspecified atom stereocenters. The number of hydrogen-bond donors (Lipinski definition) is 1.